The van der Waals surface area contributed by atoms with Crippen molar-refractivity contribution in [2.45, 2.75) is 13.8 Å². The Kier molecular flexibility index (Phi) is 7.02. The van der Waals surface area contributed by atoms with E-state index in [0.29, 0.717) is 17.1 Å². The van der Waals surface area contributed by atoms with Crippen molar-refractivity contribution in [3.8, 4) is 0 Å². The monoisotopic (exact) mass is 427 g/mol. The van der Waals surface area contributed by atoms with Gasteiger partial charge in [-0.05, 0) is 68.0 Å². The summed E-state index contributed by atoms with van der Waals surface area (Å²) in [7, 11) is 0. The molecule has 4 N–H and O–H groups in total. The van der Waals surface area contributed by atoms with Crippen molar-refractivity contribution in [1.29, 1.82) is 0 Å². The largest absolute Gasteiger partial charge is 0.339 e. The molecule has 0 spiro atoms. The van der Waals surface area contributed by atoms with Gasteiger partial charge in [-0.15, -0.1) is 0 Å². The summed E-state index contributed by atoms with van der Waals surface area (Å²) in [6.45, 7) is 11.1. The van der Waals surface area contributed by atoms with E-state index in [9.17, 15) is 9.59 Å². The third-order valence-electron chi connectivity index (χ3n) is 4.61. The molecular formula is C25H25N5O2. The number of nitrogens with zero attached hydrogens (tertiary/aromatic N) is 1. The minimum atomic E-state index is -0.369. The number of urea groups is 1. The normalized spacial score (nSPS) is 13.6. The molecule has 7 nitrogen and oxygen atoms in total. The lowest BCUT2D eigenvalue weighted by Gasteiger charge is -2.10. The zero-order chi connectivity index (χ0) is 23.1. The van der Waals surface area contributed by atoms with E-state index in [1.54, 1.807) is 24.3 Å². The number of carbonyl (C=O) groups excluding carboxylic acids is 2. The summed E-state index contributed by atoms with van der Waals surface area (Å²) in [6, 6.07) is 13.9. The van der Waals surface area contributed by atoms with Gasteiger partial charge >= 0.3 is 6.03 Å². The van der Waals surface area contributed by atoms with Crippen molar-refractivity contribution in [1.82, 2.24) is 5.32 Å². The number of amidine groups is 1. The van der Waals surface area contributed by atoms with Gasteiger partial charge in [0.1, 0.15) is 5.84 Å². The number of aliphatic imine (C=N–C) groups is 1. The molecule has 0 radical (unpaired) electrons. The third kappa shape index (κ3) is 5.60. The Bertz CT molecular complexity index is 1140. The number of benzene rings is 2. The Morgan fingerprint density at radius 2 is 1.41 bits per heavy atom. The first-order valence-corrected chi connectivity index (χ1v) is 9.97. The number of amides is 3. The van der Waals surface area contributed by atoms with Crippen LogP contribution in [0.25, 0.3) is 5.70 Å². The fraction of sp³-hybridized carbons (Fsp3) is 0.0800. The van der Waals surface area contributed by atoms with Crippen molar-refractivity contribution in [2.24, 2.45) is 4.99 Å². The van der Waals surface area contributed by atoms with Crippen LogP contribution in [-0.4, -0.2) is 17.8 Å². The molecule has 7 heteroatoms. The average molecular weight is 428 g/mol. The van der Waals surface area contributed by atoms with Crippen molar-refractivity contribution in [3.63, 3.8) is 0 Å². The SMILES string of the molecule is C=C/N=C1/NC(c2ccc(NC(=O)Nc3ccc(NC(=O)C=C)cc3)cc2)=CC1=C(C)C. The predicted octanol–water partition coefficient (Wildman–Crippen LogP) is 5.28. The third-order valence-corrected chi connectivity index (χ3v) is 4.61. The highest BCUT2D eigenvalue weighted by Crippen LogP contribution is 2.24. The van der Waals surface area contributed by atoms with Gasteiger partial charge in [0.15, 0.2) is 0 Å². The number of allylic oxidation sites excluding steroid dienone is 1. The highest BCUT2D eigenvalue weighted by atomic mass is 16.2. The molecule has 2 aromatic rings. The number of nitrogens with one attached hydrogen (secondary N) is 4. The average Bonchev–Trinajstić information content (AvgIpc) is 3.20. The minimum Gasteiger partial charge on any atom is -0.339 e. The van der Waals surface area contributed by atoms with Gasteiger partial charge in [-0.25, -0.2) is 9.79 Å². The molecular weight excluding hydrogens is 402 g/mol. The number of hydrogen-bond donors (Lipinski definition) is 4. The fourth-order valence-electron chi connectivity index (χ4n) is 3.03. The maximum atomic E-state index is 12.3. The lowest BCUT2D eigenvalue weighted by Crippen LogP contribution is -2.19. The second kappa shape index (κ2) is 10.1. The zero-order valence-corrected chi connectivity index (χ0v) is 18.0. The van der Waals surface area contributed by atoms with Crippen LogP contribution in [-0.2, 0) is 4.79 Å². The van der Waals surface area contributed by atoms with Crippen molar-refractivity contribution in [3.05, 3.63) is 96.8 Å². The molecule has 2 aromatic carbocycles. The van der Waals surface area contributed by atoms with Crippen molar-refractivity contribution < 1.29 is 9.59 Å². The smallest absolute Gasteiger partial charge is 0.323 e. The Morgan fingerprint density at radius 1 is 0.875 bits per heavy atom. The fourth-order valence-corrected chi connectivity index (χ4v) is 3.03. The maximum Gasteiger partial charge on any atom is 0.323 e. The van der Waals surface area contributed by atoms with E-state index in [4.69, 9.17) is 0 Å². The van der Waals surface area contributed by atoms with Crippen LogP contribution in [0.3, 0.4) is 0 Å². The summed E-state index contributed by atoms with van der Waals surface area (Å²) in [5.74, 6) is 0.475. The molecule has 0 aliphatic carbocycles. The predicted molar refractivity (Wildman–Crippen MR) is 131 cm³/mol. The van der Waals surface area contributed by atoms with Crippen molar-refractivity contribution in [2.75, 3.05) is 16.0 Å². The molecule has 162 valence electrons. The summed E-state index contributed by atoms with van der Waals surface area (Å²) >= 11 is 0. The summed E-state index contributed by atoms with van der Waals surface area (Å²) in [5, 5.41) is 11.5. The lowest BCUT2D eigenvalue weighted by atomic mass is 10.1. The number of rotatable bonds is 6. The van der Waals surface area contributed by atoms with E-state index in [-0.39, 0.29) is 11.9 Å². The van der Waals surface area contributed by atoms with E-state index in [1.165, 1.54) is 12.3 Å². The summed E-state index contributed by atoms with van der Waals surface area (Å²) in [6.07, 6.45) is 4.75. The quantitative estimate of drug-likeness (QED) is 0.473. The van der Waals surface area contributed by atoms with Gasteiger partial charge in [-0.2, -0.15) is 0 Å². The Hall–Kier alpha value is -4.39. The van der Waals surface area contributed by atoms with Gasteiger partial charge in [-0.3, -0.25) is 4.79 Å². The molecule has 3 amide bonds. The van der Waals surface area contributed by atoms with Crippen molar-refractivity contribution >= 4 is 40.5 Å². The molecule has 0 aromatic heterocycles. The zero-order valence-electron chi connectivity index (χ0n) is 18.0. The Balaban J connectivity index is 1.62. The molecule has 3 rings (SSSR count). The van der Waals surface area contributed by atoms with E-state index in [0.717, 1.165) is 28.2 Å². The molecule has 1 aliphatic rings. The molecule has 0 bridgehead atoms. The molecule has 1 aliphatic heterocycles. The highest BCUT2D eigenvalue weighted by Gasteiger charge is 2.18. The first-order chi connectivity index (χ1) is 15.4. The first kappa shape index (κ1) is 22.3. The van der Waals surface area contributed by atoms with Crippen LogP contribution in [0.4, 0.5) is 21.9 Å². The standard InChI is InChI=1S/C25H25N5O2/c1-5-23(31)27-18-11-13-20(14-12-18)29-25(32)28-19-9-7-17(8-10-19)22-15-21(16(3)4)24(30-22)26-6-2/h5-15H,1-2H2,3-4H3,(H,26,30)(H,27,31)(H2,28,29,32). The van der Waals surface area contributed by atoms with Gasteiger partial charge in [0, 0.05) is 34.5 Å². The van der Waals surface area contributed by atoms with Gasteiger partial charge in [0.2, 0.25) is 5.91 Å². The van der Waals surface area contributed by atoms with Gasteiger partial charge in [-0.1, -0.05) is 30.9 Å². The van der Waals surface area contributed by atoms with Gasteiger partial charge in [0.05, 0.1) is 0 Å². The van der Waals surface area contributed by atoms with E-state index in [1.807, 2.05) is 44.2 Å². The second-order valence-corrected chi connectivity index (χ2v) is 7.18. The van der Waals surface area contributed by atoms with E-state index < -0.39 is 0 Å². The highest BCUT2D eigenvalue weighted by molar-refractivity contribution is 6.12. The maximum absolute atomic E-state index is 12.3. The van der Waals surface area contributed by atoms with E-state index in [2.05, 4.69) is 39.4 Å². The molecule has 0 unspecified atom stereocenters. The van der Waals surface area contributed by atoms with Crippen LogP contribution in [0, 0.1) is 0 Å². The lowest BCUT2D eigenvalue weighted by molar-refractivity contribution is -0.111. The van der Waals surface area contributed by atoms with Crippen LogP contribution >= 0.6 is 0 Å². The summed E-state index contributed by atoms with van der Waals surface area (Å²) in [4.78, 5) is 27.9. The van der Waals surface area contributed by atoms with E-state index >= 15 is 0 Å². The number of anilines is 3. The van der Waals surface area contributed by atoms with Crippen LogP contribution in [0.15, 0.2) is 96.2 Å². The van der Waals surface area contributed by atoms with Crippen LogP contribution in [0.2, 0.25) is 0 Å². The summed E-state index contributed by atoms with van der Waals surface area (Å²) in [5.41, 5.74) is 5.96. The Labute approximate surface area is 187 Å². The van der Waals surface area contributed by atoms with Crippen LogP contribution < -0.4 is 21.3 Å². The number of hydrogen-bond acceptors (Lipinski definition) is 3. The molecule has 32 heavy (non-hydrogen) atoms. The minimum absolute atomic E-state index is 0.295. The van der Waals surface area contributed by atoms with Crippen LogP contribution in [0.1, 0.15) is 19.4 Å². The van der Waals surface area contributed by atoms with Crippen LogP contribution in [0.5, 0.6) is 0 Å². The Morgan fingerprint density at radius 3 is 1.91 bits per heavy atom. The summed E-state index contributed by atoms with van der Waals surface area (Å²) < 4.78 is 0. The molecule has 0 saturated carbocycles. The van der Waals surface area contributed by atoms with Gasteiger partial charge < -0.3 is 21.3 Å². The second-order valence-electron chi connectivity index (χ2n) is 7.18. The molecule has 0 fully saturated rings. The molecule has 1 heterocycles. The van der Waals surface area contributed by atoms with Gasteiger partial charge in [0.25, 0.3) is 0 Å². The molecule has 0 saturated heterocycles. The molecule has 0 atom stereocenters. The first-order valence-electron chi connectivity index (χ1n) is 9.97. The topological polar surface area (TPSA) is 94.6 Å². The number of carbonyl (C=O) groups is 2.